The minimum atomic E-state index is -0.323. The Balaban J connectivity index is 1.80. The zero-order valence-electron chi connectivity index (χ0n) is 14.8. The van der Waals surface area contributed by atoms with Gasteiger partial charge in [0, 0.05) is 26.2 Å². The van der Waals surface area contributed by atoms with E-state index in [-0.39, 0.29) is 16.5 Å². The van der Waals surface area contributed by atoms with E-state index in [1.165, 1.54) is 11.1 Å². The molecule has 0 saturated heterocycles. The molecule has 2 aromatic carbocycles. The van der Waals surface area contributed by atoms with E-state index < -0.39 is 0 Å². The van der Waals surface area contributed by atoms with Crippen LogP contribution in [0.3, 0.4) is 0 Å². The molecule has 26 heavy (non-hydrogen) atoms. The van der Waals surface area contributed by atoms with Crippen molar-refractivity contribution in [2.75, 3.05) is 0 Å². The zero-order valence-corrected chi connectivity index (χ0v) is 18.0. The van der Waals surface area contributed by atoms with E-state index in [2.05, 4.69) is 106 Å². The summed E-state index contributed by atoms with van der Waals surface area (Å²) >= 11 is 7.32. The van der Waals surface area contributed by atoms with Crippen LogP contribution in [0.1, 0.15) is 31.4 Å². The van der Waals surface area contributed by atoms with Crippen molar-refractivity contribution in [3.8, 4) is 0 Å². The smallest absolute Gasteiger partial charge is 0.121 e. The van der Waals surface area contributed by atoms with E-state index in [1.54, 1.807) is 0 Å². The van der Waals surface area contributed by atoms with E-state index in [1.807, 2.05) is 0 Å². The first-order chi connectivity index (χ1) is 12.4. The molecule has 4 heteroatoms. The second-order valence-electron chi connectivity index (χ2n) is 8.17. The molecular formula is C22H20Br2N2. The van der Waals surface area contributed by atoms with Crippen molar-refractivity contribution in [3.63, 3.8) is 0 Å². The van der Waals surface area contributed by atoms with Gasteiger partial charge in [0.25, 0.3) is 0 Å². The van der Waals surface area contributed by atoms with Crippen LogP contribution in [-0.2, 0) is 11.1 Å². The molecule has 1 aliphatic heterocycles. The molecular weight excluding hydrogens is 452 g/mol. The summed E-state index contributed by atoms with van der Waals surface area (Å²) in [5, 5.41) is 10.1. The van der Waals surface area contributed by atoms with Gasteiger partial charge in [-0.2, -0.15) is 10.2 Å². The van der Waals surface area contributed by atoms with Gasteiger partial charge >= 0.3 is 0 Å². The SMILES string of the molecule is CC1(C)C2(c3cccc(Br)c3)N=NC1(c1cccc(Br)c1)C1CC=CC12. The highest BCUT2D eigenvalue weighted by Crippen LogP contribution is 2.76. The number of hydrogen-bond acceptors (Lipinski definition) is 2. The maximum absolute atomic E-state index is 5.07. The van der Waals surface area contributed by atoms with Gasteiger partial charge in [0.2, 0.25) is 0 Å². The Morgan fingerprint density at radius 2 is 1.46 bits per heavy atom. The molecule has 2 aromatic rings. The van der Waals surface area contributed by atoms with Crippen LogP contribution in [0, 0.1) is 17.3 Å². The van der Waals surface area contributed by atoms with E-state index >= 15 is 0 Å². The van der Waals surface area contributed by atoms with Gasteiger partial charge in [-0.15, -0.1) is 0 Å². The highest BCUT2D eigenvalue weighted by atomic mass is 79.9. The van der Waals surface area contributed by atoms with Gasteiger partial charge in [-0.3, -0.25) is 0 Å². The molecule has 2 aliphatic carbocycles. The standard InChI is InChI=1S/C22H20Br2N2/c1-20(2)21(14-6-3-8-16(23)12-14)18-10-5-11-19(18)22(20,26-25-21)15-7-4-9-17(24)13-15/h3-10,12-13,18-19H,11H2,1-2H3. The average Bonchev–Trinajstić information content (AvgIpc) is 3.22. The topological polar surface area (TPSA) is 24.7 Å². The maximum Gasteiger partial charge on any atom is 0.121 e. The summed E-state index contributed by atoms with van der Waals surface area (Å²) in [6.45, 7) is 4.72. The lowest BCUT2D eigenvalue weighted by atomic mass is 9.61. The highest BCUT2D eigenvalue weighted by Gasteiger charge is 2.77. The third-order valence-electron chi connectivity index (χ3n) is 6.99. The Labute approximate surface area is 171 Å². The summed E-state index contributed by atoms with van der Waals surface area (Å²) in [5.41, 5.74) is 1.79. The lowest BCUT2D eigenvalue weighted by molar-refractivity contribution is 0.150. The predicted molar refractivity (Wildman–Crippen MR) is 111 cm³/mol. The molecule has 4 atom stereocenters. The Kier molecular flexibility index (Phi) is 3.50. The number of halogens is 2. The number of hydrogen-bond donors (Lipinski definition) is 0. The molecule has 1 saturated carbocycles. The van der Waals surface area contributed by atoms with Crippen molar-refractivity contribution in [2.45, 2.75) is 31.3 Å². The van der Waals surface area contributed by atoms with Crippen LogP contribution >= 0.6 is 31.9 Å². The first-order valence-corrected chi connectivity index (χ1v) is 10.6. The molecule has 0 spiro atoms. The molecule has 0 aromatic heterocycles. The van der Waals surface area contributed by atoms with Crippen LogP contribution in [-0.4, -0.2) is 0 Å². The quantitative estimate of drug-likeness (QED) is 0.421. The molecule has 2 bridgehead atoms. The van der Waals surface area contributed by atoms with Crippen LogP contribution in [0.4, 0.5) is 0 Å². The van der Waals surface area contributed by atoms with Crippen molar-refractivity contribution in [1.29, 1.82) is 0 Å². The maximum atomic E-state index is 5.07. The van der Waals surface area contributed by atoms with Crippen molar-refractivity contribution in [2.24, 2.45) is 27.5 Å². The second-order valence-corrected chi connectivity index (χ2v) is 10.0. The van der Waals surface area contributed by atoms with Crippen LogP contribution in [0.25, 0.3) is 0 Å². The fraction of sp³-hybridized carbons (Fsp3) is 0.364. The van der Waals surface area contributed by atoms with Crippen molar-refractivity contribution < 1.29 is 0 Å². The third-order valence-corrected chi connectivity index (χ3v) is 7.97. The van der Waals surface area contributed by atoms with E-state index in [4.69, 9.17) is 10.2 Å². The summed E-state index contributed by atoms with van der Waals surface area (Å²) in [5.74, 6) is 0.826. The minimum absolute atomic E-state index is 0.123. The average molecular weight is 472 g/mol. The normalized spacial score (nSPS) is 35.8. The number of allylic oxidation sites excluding steroid dienone is 1. The van der Waals surface area contributed by atoms with Crippen LogP contribution in [0.5, 0.6) is 0 Å². The number of fused-ring (bicyclic) bond motifs is 5. The van der Waals surface area contributed by atoms with Crippen LogP contribution in [0.15, 0.2) is 79.9 Å². The van der Waals surface area contributed by atoms with Gasteiger partial charge in [-0.1, -0.05) is 82.1 Å². The molecule has 1 heterocycles. The Morgan fingerprint density at radius 3 is 2.08 bits per heavy atom. The summed E-state index contributed by atoms with van der Waals surface area (Å²) in [7, 11) is 0. The molecule has 4 unspecified atom stereocenters. The number of nitrogens with zero attached hydrogens (tertiary/aromatic N) is 2. The minimum Gasteiger partial charge on any atom is -0.181 e. The summed E-state index contributed by atoms with van der Waals surface area (Å²) in [6.07, 6.45) is 5.79. The number of rotatable bonds is 2. The molecule has 2 nitrogen and oxygen atoms in total. The van der Waals surface area contributed by atoms with E-state index in [0.29, 0.717) is 11.8 Å². The summed E-state index contributed by atoms with van der Waals surface area (Å²) in [6, 6.07) is 17.3. The van der Waals surface area contributed by atoms with Gasteiger partial charge in [0.15, 0.2) is 0 Å². The molecule has 0 amide bonds. The first-order valence-electron chi connectivity index (χ1n) is 9.06. The largest absolute Gasteiger partial charge is 0.181 e. The number of azo groups is 1. The van der Waals surface area contributed by atoms with Gasteiger partial charge in [-0.25, -0.2) is 0 Å². The third kappa shape index (κ3) is 1.78. The second kappa shape index (κ2) is 5.39. The van der Waals surface area contributed by atoms with Gasteiger partial charge in [-0.05, 0) is 41.8 Å². The van der Waals surface area contributed by atoms with Gasteiger partial charge in [0.1, 0.15) is 11.1 Å². The van der Waals surface area contributed by atoms with Crippen molar-refractivity contribution in [1.82, 2.24) is 0 Å². The molecule has 1 fully saturated rings. The lowest BCUT2D eigenvalue weighted by Gasteiger charge is -2.41. The molecule has 132 valence electrons. The Hall–Kier alpha value is -1.26. The fourth-order valence-corrected chi connectivity index (χ4v) is 6.73. The van der Waals surface area contributed by atoms with E-state index in [0.717, 1.165) is 15.4 Å². The molecule has 0 N–H and O–H groups in total. The monoisotopic (exact) mass is 470 g/mol. The molecule has 3 aliphatic rings. The zero-order chi connectivity index (χ0) is 18.2. The lowest BCUT2D eigenvalue weighted by Crippen LogP contribution is -2.44. The van der Waals surface area contributed by atoms with Crippen molar-refractivity contribution in [3.05, 3.63) is 80.8 Å². The molecule has 5 rings (SSSR count). The highest BCUT2D eigenvalue weighted by molar-refractivity contribution is 9.10. The van der Waals surface area contributed by atoms with Gasteiger partial charge in [0.05, 0.1) is 0 Å². The Bertz CT molecular complexity index is 964. The van der Waals surface area contributed by atoms with Crippen LogP contribution < -0.4 is 0 Å². The van der Waals surface area contributed by atoms with Crippen LogP contribution in [0.2, 0.25) is 0 Å². The Morgan fingerprint density at radius 1 is 0.885 bits per heavy atom. The summed E-state index contributed by atoms with van der Waals surface area (Å²) in [4.78, 5) is 0. The predicted octanol–water partition coefficient (Wildman–Crippen LogP) is 7.00. The fourth-order valence-electron chi connectivity index (χ4n) is 5.93. The molecule has 0 radical (unpaired) electrons. The van der Waals surface area contributed by atoms with E-state index in [9.17, 15) is 0 Å². The number of benzene rings is 2. The van der Waals surface area contributed by atoms with Gasteiger partial charge < -0.3 is 0 Å². The van der Waals surface area contributed by atoms with Crippen molar-refractivity contribution >= 4 is 31.9 Å². The first kappa shape index (κ1) is 16.9. The summed E-state index contributed by atoms with van der Waals surface area (Å²) < 4.78 is 2.20.